The molecule has 0 spiro atoms. The average Bonchev–Trinajstić information content (AvgIpc) is 2.46. The number of unbranched alkanes of at least 4 members (excludes halogenated alkanes) is 9. The van der Waals surface area contributed by atoms with Gasteiger partial charge in [0.1, 0.15) is 0 Å². The van der Waals surface area contributed by atoms with Crippen molar-refractivity contribution in [2.24, 2.45) is 0 Å². The first-order valence-electron chi connectivity index (χ1n) is 8.65. The Morgan fingerprint density at radius 3 is 1.80 bits per heavy atom. The summed E-state index contributed by atoms with van der Waals surface area (Å²) < 4.78 is 5.28. The van der Waals surface area contributed by atoms with Gasteiger partial charge in [-0.1, -0.05) is 71.1 Å². The number of aliphatic hydroxyl groups excluding tert-OH is 1. The van der Waals surface area contributed by atoms with Gasteiger partial charge in [-0.05, 0) is 31.3 Å². The first-order chi connectivity index (χ1) is 9.85. The Bertz CT molecular complexity index is 176. The van der Waals surface area contributed by atoms with Crippen LogP contribution in [-0.2, 0) is 4.18 Å². The second kappa shape index (κ2) is 17.3. The summed E-state index contributed by atoms with van der Waals surface area (Å²) in [6.07, 6.45) is 16.9. The summed E-state index contributed by atoms with van der Waals surface area (Å²) in [6, 6.07) is 0. The van der Waals surface area contributed by atoms with Crippen molar-refractivity contribution in [1.29, 1.82) is 0 Å². The molecule has 0 aliphatic carbocycles. The van der Waals surface area contributed by atoms with E-state index in [1.165, 1.54) is 77.0 Å². The van der Waals surface area contributed by atoms with Gasteiger partial charge in [-0.15, -0.1) is 0 Å². The Morgan fingerprint density at radius 1 is 0.800 bits per heavy atom. The monoisotopic (exact) mass is 304 g/mol. The molecule has 0 radical (unpaired) electrons. The topological polar surface area (TPSA) is 29.5 Å². The van der Waals surface area contributed by atoms with Crippen molar-refractivity contribution >= 4 is 12.0 Å². The molecular weight excluding hydrogens is 268 g/mol. The van der Waals surface area contributed by atoms with Gasteiger partial charge < -0.3 is 9.29 Å². The molecule has 3 heteroatoms. The van der Waals surface area contributed by atoms with Crippen molar-refractivity contribution in [2.45, 2.75) is 95.6 Å². The zero-order valence-corrected chi connectivity index (χ0v) is 14.6. The summed E-state index contributed by atoms with van der Waals surface area (Å²) in [5.41, 5.74) is 0. The van der Waals surface area contributed by atoms with Crippen LogP contribution in [0.2, 0.25) is 0 Å². The standard InChI is InChI=1S/C17H36O2S/c1-3-4-5-11-14-17(20-19-2)15-12-9-7-6-8-10-13-16-18/h17-18H,3-16H2,1-2H3. The van der Waals surface area contributed by atoms with Crippen molar-refractivity contribution in [3.8, 4) is 0 Å². The van der Waals surface area contributed by atoms with E-state index in [2.05, 4.69) is 6.92 Å². The highest BCUT2D eigenvalue weighted by Gasteiger charge is 2.09. The maximum atomic E-state index is 8.71. The highest BCUT2D eigenvalue weighted by molar-refractivity contribution is 7.95. The number of rotatable bonds is 16. The highest BCUT2D eigenvalue weighted by Crippen LogP contribution is 2.24. The van der Waals surface area contributed by atoms with E-state index >= 15 is 0 Å². The van der Waals surface area contributed by atoms with Crippen molar-refractivity contribution in [3.05, 3.63) is 0 Å². The molecule has 0 fully saturated rings. The maximum Gasteiger partial charge on any atom is 0.0503 e. The summed E-state index contributed by atoms with van der Waals surface area (Å²) in [7, 11) is 1.80. The minimum atomic E-state index is 0.355. The molecule has 0 saturated heterocycles. The average molecular weight is 305 g/mol. The molecule has 0 aliphatic heterocycles. The van der Waals surface area contributed by atoms with Gasteiger partial charge >= 0.3 is 0 Å². The molecule has 1 unspecified atom stereocenters. The lowest BCUT2D eigenvalue weighted by Gasteiger charge is -2.14. The van der Waals surface area contributed by atoms with Crippen LogP contribution in [0.1, 0.15) is 90.4 Å². The molecule has 0 amide bonds. The second-order valence-electron chi connectivity index (χ2n) is 5.72. The van der Waals surface area contributed by atoms with Crippen molar-refractivity contribution < 1.29 is 9.29 Å². The SMILES string of the molecule is CCCCCCC(CCCCCCCCCO)SOC. The van der Waals surface area contributed by atoms with Crippen molar-refractivity contribution in [2.75, 3.05) is 13.7 Å². The Balaban J connectivity index is 3.40. The molecule has 2 nitrogen and oxygen atoms in total. The van der Waals surface area contributed by atoms with Crippen molar-refractivity contribution in [3.63, 3.8) is 0 Å². The minimum Gasteiger partial charge on any atom is -0.396 e. The molecular formula is C17H36O2S. The Labute approximate surface area is 131 Å². The van der Waals surface area contributed by atoms with Crippen LogP contribution in [-0.4, -0.2) is 24.1 Å². The molecule has 0 aromatic carbocycles. The van der Waals surface area contributed by atoms with E-state index in [4.69, 9.17) is 9.29 Å². The zero-order chi connectivity index (χ0) is 14.9. The Kier molecular flexibility index (Phi) is 17.6. The normalized spacial score (nSPS) is 12.8. The van der Waals surface area contributed by atoms with Crippen LogP contribution in [0, 0.1) is 0 Å². The largest absolute Gasteiger partial charge is 0.396 e. The maximum absolute atomic E-state index is 8.71. The minimum absolute atomic E-state index is 0.355. The molecule has 1 atom stereocenters. The van der Waals surface area contributed by atoms with Gasteiger partial charge in [0.2, 0.25) is 0 Å². The number of hydrogen-bond acceptors (Lipinski definition) is 3. The third-order valence-corrected chi connectivity index (χ3v) is 4.73. The molecule has 20 heavy (non-hydrogen) atoms. The lowest BCUT2D eigenvalue weighted by atomic mass is 10.0. The Hall–Kier alpha value is 0.270. The van der Waals surface area contributed by atoms with Gasteiger partial charge in [0, 0.05) is 11.9 Å². The summed E-state index contributed by atoms with van der Waals surface area (Å²) in [4.78, 5) is 0. The van der Waals surface area contributed by atoms with Crippen molar-refractivity contribution in [1.82, 2.24) is 0 Å². The predicted molar refractivity (Wildman–Crippen MR) is 91.2 cm³/mol. The zero-order valence-electron chi connectivity index (χ0n) is 13.7. The van der Waals surface area contributed by atoms with Crippen LogP contribution < -0.4 is 0 Å². The van der Waals surface area contributed by atoms with Gasteiger partial charge in [0.25, 0.3) is 0 Å². The van der Waals surface area contributed by atoms with E-state index in [1.54, 1.807) is 19.2 Å². The molecule has 0 rings (SSSR count). The third kappa shape index (κ3) is 14.7. The van der Waals surface area contributed by atoms with Gasteiger partial charge in [-0.3, -0.25) is 0 Å². The molecule has 0 bridgehead atoms. The van der Waals surface area contributed by atoms with E-state index < -0.39 is 0 Å². The highest BCUT2D eigenvalue weighted by atomic mass is 32.2. The smallest absolute Gasteiger partial charge is 0.0503 e. The van der Waals surface area contributed by atoms with Crippen LogP contribution in [0.3, 0.4) is 0 Å². The van der Waals surface area contributed by atoms with E-state index in [0.29, 0.717) is 11.9 Å². The number of hydrogen-bond donors (Lipinski definition) is 1. The summed E-state index contributed by atoms with van der Waals surface area (Å²) in [5.74, 6) is 0. The summed E-state index contributed by atoms with van der Waals surface area (Å²) >= 11 is 1.68. The van der Waals surface area contributed by atoms with E-state index in [0.717, 1.165) is 6.42 Å². The van der Waals surface area contributed by atoms with E-state index in [9.17, 15) is 0 Å². The van der Waals surface area contributed by atoms with Gasteiger partial charge in [-0.25, -0.2) is 0 Å². The van der Waals surface area contributed by atoms with Gasteiger partial charge in [0.15, 0.2) is 0 Å². The predicted octanol–water partition coefficient (Wildman–Crippen LogP) is 5.73. The first-order valence-corrected chi connectivity index (χ1v) is 9.46. The van der Waals surface area contributed by atoms with Crippen LogP contribution in [0.15, 0.2) is 0 Å². The van der Waals surface area contributed by atoms with Gasteiger partial charge in [-0.2, -0.15) is 0 Å². The summed E-state index contributed by atoms with van der Waals surface area (Å²) in [5, 5.41) is 9.41. The molecule has 0 aromatic heterocycles. The van der Waals surface area contributed by atoms with E-state index in [1.807, 2.05) is 0 Å². The molecule has 0 saturated carbocycles. The lowest BCUT2D eigenvalue weighted by Crippen LogP contribution is -2.03. The van der Waals surface area contributed by atoms with E-state index in [-0.39, 0.29) is 0 Å². The number of aliphatic hydroxyl groups is 1. The van der Waals surface area contributed by atoms with Crippen LogP contribution in [0.5, 0.6) is 0 Å². The molecule has 0 aromatic rings. The first kappa shape index (κ1) is 20.3. The Morgan fingerprint density at radius 2 is 1.30 bits per heavy atom. The summed E-state index contributed by atoms with van der Waals surface area (Å²) in [6.45, 7) is 2.62. The van der Waals surface area contributed by atoms with Crippen LogP contribution in [0.4, 0.5) is 0 Å². The third-order valence-electron chi connectivity index (χ3n) is 3.80. The molecule has 1 N–H and O–H groups in total. The van der Waals surface area contributed by atoms with Gasteiger partial charge in [0.05, 0.1) is 7.11 Å². The van der Waals surface area contributed by atoms with Crippen LogP contribution >= 0.6 is 12.0 Å². The molecule has 122 valence electrons. The molecule has 0 aliphatic rings. The fourth-order valence-corrected chi connectivity index (χ4v) is 3.34. The fraction of sp³-hybridized carbons (Fsp3) is 1.00. The fourth-order valence-electron chi connectivity index (χ4n) is 2.54. The lowest BCUT2D eigenvalue weighted by molar-refractivity contribution is 0.282. The quantitative estimate of drug-likeness (QED) is 0.291. The second-order valence-corrected chi connectivity index (χ2v) is 6.91. The van der Waals surface area contributed by atoms with Crippen LogP contribution in [0.25, 0.3) is 0 Å². The molecule has 0 heterocycles.